The van der Waals surface area contributed by atoms with Gasteiger partial charge < -0.3 is 9.84 Å². The van der Waals surface area contributed by atoms with Gasteiger partial charge in [-0.1, -0.05) is 24.3 Å². The molecule has 1 atom stereocenters. The van der Waals surface area contributed by atoms with E-state index in [9.17, 15) is 14.7 Å². The normalized spacial score (nSPS) is 19.8. The molecule has 2 aliphatic rings. The summed E-state index contributed by atoms with van der Waals surface area (Å²) in [5.74, 6) is -0.668. The third-order valence-electron chi connectivity index (χ3n) is 5.59. The average molecular weight is 417 g/mol. The number of thiophene rings is 1. The van der Waals surface area contributed by atoms with E-state index in [2.05, 4.69) is 0 Å². The summed E-state index contributed by atoms with van der Waals surface area (Å²) in [6, 6.07) is 15.9. The van der Waals surface area contributed by atoms with Gasteiger partial charge in [-0.25, -0.2) is 0 Å². The summed E-state index contributed by atoms with van der Waals surface area (Å²) in [5, 5.41) is 13.1. The predicted octanol–water partition coefficient (Wildman–Crippen LogP) is 4.62. The number of amides is 1. The summed E-state index contributed by atoms with van der Waals surface area (Å²) < 4.78 is 5.54. The molecule has 5 rings (SSSR count). The van der Waals surface area contributed by atoms with Crippen molar-refractivity contribution in [1.82, 2.24) is 0 Å². The van der Waals surface area contributed by atoms with Gasteiger partial charge in [0, 0.05) is 22.5 Å². The van der Waals surface area contributed by atoms with Crippen LogP contribution in [0, 0.1) is 6.92 Å². The number of aryl methyl sites for hydroxylation is 1. The highest BCUT2D eigenvalue weighted by atomic mass is 32.1. The number of para-hydroxylation sites is 1. The molecule has 150 valence electrons. The Labute approximate surface area is 177 Å². The van der Waals surface area contributed by atoms with Crippen LogP contribution in [0.3, 0.4) is 0 Å². The van der Waals surface area contributed by atoms with Crippen molar-refractivity contribution >= 4 is 34.5 Å². The Hall–Kier alpha value is -3.38. The topological polar surface area (TPSA) is 66.8 Å². The van der Waals surface area contributed by atoms with Gasteiger partial charge in [0.25, 0.3) is 11.7 Å². The molecule has 0 bridgehead atoms. The van der Waals surface area contributed by atoms with Crippen LogP contribution in [0.1, 0.15) is 27.6 Å². The highest BCUT2D eigenvalue weighted by molar-refractivity contribution is 7.10. The molecule has 1 aromatic heterocycles. The minimum absolute atomic E-state index is 0.115. The molecule has 3 aromatic rings. The second-order valence-corrected chi connectivity index (χ2v) is 8.37. The summed E-state index contributed by atoms with van der Waals surface area (Å²) >= 11 is 1.45. The number of nitrogens with zero attached hydrogens (tertiary/aromatic N) is 1. The van der Waals surface area contributed by atoms with Gasteiger partial charge >= 0.3 is 0 Å². The van der Waals surface area contributed by atoms with E-state index in [0.29, 0.717) is 17.9 Å². The minimum Gasteiger partial charge on any atom is -0.507 e. The molecule has 0 saturated carbocycles. The number of Topliss-reactive ketones (excluding diaryl/α,β-unsaturated/α-hetero) is 1. The van der Waals surface area contributed by atoms with Crippen molar-refractivity contribution in [3.63, 3.8) is 0 Å². The van der Waals surface area contributed by atoms with E-state index in [0.717, 1.165) is 28.2 Å². The molecule has 5 nitrogen and oxygen atoms in total. The number of ether oxygens (including phenoxy) is 1. The van der Waals surface area contributed by atoms with Crippen LogP contribution in [-0.2, 0) is 16.0 Å². The largest absolute Gasteiger partial charge is 0.507 e. The van der Waals surface area contributed by atoms with Crippen molar-refractivity contribution in [1.29, 1.82) is 0 Å². The second-order valence-electron chi connectivity index (χ2n) is 7.39. The lowest BCUT2D eigenvalue weighted by Gasteiger charge is -2.25. The van der Waals surface area contributed by atoms with Crippen LogP contribution in [0.5, 0.6) is 5.75 Å². The Balaban J connectivity index is 1.70. The molecule has 3 heterocycles. The number of hydrogen-bond acceptors (Lipinski definition) is 5. The van der Waals surface area contributed by atoms with Gasteiger partial charge in [0.15, 0.2) is 0 Å². The van der Waals surface area contributed by atoms with Crippen molar-refractivity contribution in [3.05, 3.63) is 87.1 Å². The van der Waals surface area contributed by atoms with Crippen LogP contribution in [-0.4, -0.2) is 23.4 Å². The van der Waals surface area contributed by atoms with Crippen molar-refractivity contribution in [2.24, 2.45) is 0 Å². The number of hydrogen-bond donors (Lipinski definition) is 1. The van der Waals surface area contributed by atoms with E-state index in [1.165, 1.54) is 16.2 Å². The Morgan fingerprint density at radius 1 is 1.13 bits per heavy atom. The number of aliphatic hydroxyl groups is 1. The predicted molar refractivity (Wildman–Crippen MR) is 116 cm³/mol. The van der Waals surface area contributed by atoms with Crippen LogP contribution in [0.2, 0.25) is 0 Å². The third kappa shape index (κ3) is 2.83. The number of fused-ring (bicyclic) bond motifs is 1. The number of ketones is 1. The quantitative estimate of drug-likeness (QED) is 0.384. The second kappa shape index (κ2) is 7.15. The zero-order valence-corrected chi connectivity index (χ0v) is 17.1. The van der Waals surface area contributed by atoms with Gasteiger partial charge in [0.05, 0.1) is 12.2 Å². The fourth-order valence-electron chi connectivity index (χ4n) is 4.12. The van der Waals surface area contributed by atoms with Crippen LogP contribution < -0.4 is 9.64 Å². The Kier molecular flexibility index (Phi) is 4.44. The highest BCUT2D eigenvalue weighted by Gasteiger charge is 2.47. The van der Waals surface area contributed by atoms with E-state index in [1.54, 1.807) is 12.1 Å². The summed E-state index contributed by atoms with van der Waals surface area (Å²) in [6.07, 6.45) is 0.752. The maximum Gasteiger partial charge on any atom is 0.300 e. The lowest BCUT2D eigenvalue weighted by molar-refractivity contribution is -0.132. The fraction of sp³-hybridized carbons (Fsp3) is 0.167. The Morgan fingerprint density at radius 3 is 2.73 bits per heavy atom. The van der Waals surface area contributed by atoms with Gasteiger partial charge in [0.2, 0.25) is 0 Å². The number of carbonyl (C=O) groups is 2. The number of benzene rings is 2. The van der Waals surface area contributed by atoms with Crippen LogP contribution >= 0.6 is 11.3 Å². The van der Waals surface area contributed by atoms with E-state index in [1.807, 2.05) is 54.8 Å². The third-order valence-corrected chi connectivity index (χ3v) is 6.52. The number of anilines is 1. The molecule has 1 amide bonds. The van der Waals surface area contributed by atoms with Crippen LogP contribution in [0.25, 0.3) is 5.76 Å². The lowest BCUT2D eigenvalue weighted by atomic mass is 9.98. The maximum absolute atomic E-state index is 13.1. The van der Waals surface area contributed by atoms with Crippen LogP contribution in [0.15, 0.2) is 65.6 Å². The number of carbonyl (C=O) groups excluding carboxylic acids is 2. The summed E-state index contributed by atoms with van der Waals surface area (Å²) in [5.41, 5.74) is 3.17. The van der Waals surface area contributed by atoms with Crippen molar-refractivity contribution in [2.75, 3.05) is 11.5 Å². The van der Waals surface area contributed by atoms with E-state index >= 15 is 0 Å². The van der Waals surface area contributed by atoms with Crippen molar-refractivity contribution in [2.45, 2.75) is 19.4 Å². The summed E-state index contributed by atoms with van der Waals surface area (Å²) in [6.45, 7) is 2.51. The molecule has 1 unspecified atom stereocenters. The van der Waals surface area contributed by atoms with E-state index < -0.39 is 17.7 Å². The molecule has 1 fully saturated rings. The molecule has 2 aliphatic heterocycles. The van der Waals surface area contributed by atoms with Crippen molar-refractivity contribution < 1.29 is 19.4 Å². The fourth-order valence-corrected chi connectivity index (χ4v) is 4.94. The Bertz CT molecular complexity index is 1200. The minimum atomic E-state index is -0.675. The van der Waals surface area contributed by atoms with Gasteiger partial charge in [-0.2, -0.15) is 0 Å². The highest BCUT2D eigenvalue weighted by Crippen LogP contribution is 2.44. The van der Waals surface area contributed by atoms with Gasteiger partial charge in [-0.15, -0.1) is 11.3 Å². The number of rotatable bonds is 3. The van der Waals surface area contributed by atoms with E-state index in [4.69, 9.17) is 4.74 Å². The molecule has 1 N–H and O–H groups in total. The monoisotopic (exact) mass is 417 g/mol. The Morgan fingerprint density at radius 2 is 1.97 bits per heavy atom. The first-order valence-electron chi connectivity index (χ1n) is 9.72. The first kappa shape index (κ1) is 18.6. The molecular formula is C24H19NO4S. The molecule has 6 heteroatoms. The van der Waals surface area contributed by atoms with Crippen LogP contribution in [0.4, 0.5) is 5.69 Å². The SMILES string of the molecule is Cc1ccccc1N1C(=O)C(=O)/C(=C(\O)c2ccc3c(c2)CCO3)C1c1cccs1. The first-order valence-corrected chi connectivity index (χ1v) is 10.6. The van der Waals surface area contributed by atoms with Crippen molar-refractivity contribution in [3.8, 4) is 5.75 Å². The molecule has 0 radical (unpaired) electrons. The van der Waals surface area contributed by atoms with Gasteiger partial charge in [-0.3, -0.25) is 14.5 Å². The first-order chi connectivity index (χ1) is 14.6. The molecule has 1 saturated heterocycles. The lowest BCUT2D eigenvalue weighted by Crippen LogP contribution is -2.29. The molecule has 30 heavy (non-hydrogen) atoms. The molecule has 0 aliphatic carbocycles. The average Bonchev–Trinajstić information content (AvgIpc) is 3.48. The van der Waals surface area contributed by atoms with Gasteiger partial charge in [-0.05, 0) is 53.8 Å². The molecular weight excluding hydrogens is 398 g/mol. The van der Waals surface area contributed by atoms with E-state index in [-0.39, 0.29) is 11.3 Å². The molecule has 2 aromatic carbocycles. The smallest absolute Gasteiger partial charge is 0.300 e. The number of aliphatic hydroxyl groups excluding tert-OH is 1. The zero-order valence-electron chi connectivity index (χ0n) is 16.3. The maximum atomic E-state index is 13.1. The zero-order chi connectivity index (χ0) is 20.8. The standard InChI is InChI=1S/C24H19NO4S/c1-14-5-2-3-6-17(14)25-21(19-7-4-12-30-19)20(23(27)24(25)28)22(26)16-8-9-18-15(13-16)10-11-29-18/h2-9,12-13,21,26H,10-11H2,1H3/b22-20-. The summed E-state index contributed by atoms with van der Waals surface area (Å²) in [4.78, 5) is 28.6. The van der Waals surface area contributed by atoms with Gasteiger partial charge in [0.1, 0.15) is 17.6 Å². The molecule has 0 spiro atoms. The summed E-state index contributed by atoms with van der Waals surface area (Å²) in [7, 11) is 0.